The summed E-state index contributed by atoms with van der Waals surface area (Å²) < 4.78 is 9.90. The Morgan fingerprint density at radius 1 is 1.25 bits per heavy atom. The van der Waals surface area contributed by atoms with Gasteiger partial charge in [-0.25, -0.2) is 0 Å². The monoisotopic (exact) mass is 117 g/mol. The Bertz CT molecular complexity index is 39.8. The predicted octanol–water partition coefficient (Wildman–Crippen LogP) is 1.22. The molecule has 0 amide bonds. The first-order chi connectivity index (χ1) is 3.81. The molecule has 48 valence electrons. The van der Waals surface area contributed by atoms with Gasteiger partial charge in [0.1, 0.15) is 6.92 Å². The Kier molecular flexibility index (Phi) is 4.81. The summed E-state index contributed by atoms with van der Waals surface area (Å²) in [7, 11) is 0. The molecule has 0 saturated carbocycles. The van der Waals surface area contributed by atoms with Crippen molar-refractivity contribution in [1.29, 1.82) is 0 Å². The van der Waals surface area contributed by atoms with Gasteiger partial charge in [-0.2, -0.15) is 0 Å². The molecule has 0 aliphatic rings. The molecule has 0 unspecified atom stereocenters. The Labute approximate surface area is 50.8 Å². The van der Waals surface area contributed by atoms with E-state index in [0.29, 0.717) is 13.2 Å². The SMILES string of the molecule is [CH2+]C(OCC)OCC. The molecule has 0 aliphatic carbocycles. The minimum absolute atomic E-state index is 0.287. The summed E-state index contributed by atoms with van der Waals surface area (Å²) in [6.45, 7) is 8.72. The summed E-state index contributed by atoms with van der Waals surface area (Å²) >= 11 is 0. The van der Waals surface area contributed by atoms with Crippen LogP contribution < -0.4 is 0 Å². The molecule has 0 fully saturated rings. The number of ether oxygens (including phenoxy) is 2. The smallest absolute Gasteiger partial charge is 0.304 e. The van der Waals surface area contributed by atoms with Crippen LogP contribution in [-0.4, -0.2) is 19.5 Å². The molecule has 2 nitrogen and oxygen atoms in total. The van der Waals surface area contributed by atoms with Gasteiger partial charge in [-0.15, -0.1) is 0 Å². The van der Waals surface area contributed by atoms with Crippen LogP contribution in [0.1, 0.15) is 13.8 Å². The largest absolute Gasteiger partial charge is 0.316 e. The van der Waals surface area contributed by atoms with Gasteiger partial charge in [0.05, 0.1) is 13.2 Å². The molecule has 0 N–H and O–H groups in total. The van der Waals surface area contributed by atoms with Crippen molar-refractivity contribution < 1.29 is 9.47 Å². The molecule has 0 aromatic rings. The maximum atomic E-state index is 4.95. The summed E-state index contributed by atoms with van der Waals surface area (Å²) in [5.74, 6) is 0. The van der Waals surface area contributed by atoms with Crippen LogP contribution in [0.5, 0.6) is 0 Å². The van der Waals surface area contributed by atoms with Gasteiger partial charge in [0.15, 0.2) is 0 Å². The van der Waals surface area contributed by atoms with Gasteiger partial charge in [-0.1, -0.05) is 0 Å². The van der Waals surface area contributed by atoms with Crippen LogP contribution in [0.25, 0.3) is 0 Å². The minimum atomic E-state index is -0.287. The second kappa shape index (κ2) is 4.94. The van der Waals surface area contributed by atoms with Crippen LogP contribution in [0.15, 0.2) is 0 Å². The summed E-state index contributed by atoms with van der Waals surface area (Å²) in [4.78, 5) is 0. The summed E-state index contributed by atoms with van der Waals surface area (Å²) in [6.07, 6.45) is -0.287. The van der Waals surface area contributed by atoms with Crippen LogP contribution in [-0.2, 0) is 9.47 Å². The summed E-state index contributed by atoms with van der Waals surface area (Å²) in [6, 6.07) is 0. The van der Waals surface area contributed by atoms with Crippen molar-refractivity contribution in [3.8, 4) is 0 Å². The van der Waals surface area contributed by atoms with E-state index < -0.39 is 0 Å². The molecule has 0 rings (SSSR count). The first-order valence-electron chi connectivity index (χ1n) is 2.87. The van der Waals surface area contributed by atoms with E-state index in [0.717, 1.165) is 0 Å². The molecule has 0 heterocycles. The molecule has 2 heteroatoms. The van der Waals surface area contributed by atoms with Crippen molar-refractivity contribution >= 4 is 0 Å². The normalized spacial score (nSPS) is 10.4. The Morgan fingerprint density at radius 3 is 1.88 bits per heavy atom. The van der Waals surface area contributed by atoms with Gasteiger partial charge >= 0.3 is 6.29 Å². The fourth-order valence-electron chi connectivity index (χ4n) is 0.420. The molecule has 0 atom stereocenters. The third kappa shape index (κ3) is 3.96. The van der Waals surface area contributed by atoms with Crippen molar-refractivity contribution in [2.24, 2.45) is 0 Å². The van der Waals surface area contributed by atoms with E-state index in [2.05, 4.69) is 6.92 Å². The van der Waals surface area contributed by atoms with E-state index in [9.17, 15) is 0 Å². The molecule has 8 heavy (non-hydrogen) atoms. The van der Waals surface area contributed by atoms with Crippen LogP contribution in [0.2, 0.25) is 0 Å². The zero-order valence-electron chi connectivity index (χ0n) is 5.52. The van der Waals surface area contributed by atoms with Crippen molar-refractivity contribution in [2.45, 2.75) is 20.1 Å². The van der Waals surface area contributed by atoms with Gasteiger partial charge in [-0.3, -0.25) is 0 Å². The molecule has 0 aromatic carbocycles. The molecular formula is C6H13O2+. The zero-order valence-corrected chi connectivity index (χ0v) is 5.52. The van der Waals surface area contributed by atoms with Gasteiger partial charge < -0.3 is 9.47 Å². The number of hydrogen-bond donors (Lipinski definition) is 0. The average Bonchev–Trinajstić information content (AvgIpc) is 1.68. The quantitative estimate of drug-likeness (QED) is 0.407. The van der Waals surface area contributed by atoms with E-state index in [1.165, 1.54) is 0 Å². The molecule has 0 radical (unpaired) electrons. The van der Waals surface area contributed by atoms with Gasteiger partial charge in [0.2, 0.25) is 0 Å². The second-order valence-corrected chi connectivity index (χ2v) is 1.34. The third-order valence-corrected chi connectivity index (χ3v) is 0.705. The van der Waals surface area contributed by atoms with Crippen molar-refractivity contribution in [1.82, 2.24) is 0 Å². The standard InChI is InChI=1S/C6H13O2/c1-4-7-6(3)8-5-2/h6H,3-5H2,1-2H3/q+1. The lowest BCUT2D eigenvalue weighted by molar-refractivity contribution is -0.105. The molecule has 0 bridgehead atoms. The third-order valence-electron chi connectivity index (χ3n) is 0.705. The highest BCUT2D eigenvalue weighted by molar-refractivity contribution is 4.41. The van der Waals surface area contributed by atoms with E-state index >= 15 is 0 Å². The maximum absolute atomic E-state index is 4.95. The Balaban J connectivity index is 2.92. The zero-order chi connectivity index (χ0) is 6.41. The van der Waals surface area contributed by atoms with Crippen molar-refractivity contribution in [2.75, 3.05) is 13.2 Å². The Hall–Kier alpha value is -0.210. The van der Waals surface area contributed by atoms with Gasteiger partial charge in [-0.05, 0) is 13.8 Å². The first-order valence-corrected chi connectivity index (χ1v) is 2.87. The second-order valence-electron chi connectivity index (χ2n) is 1.34. The minimum Gasteiger partial charge on any atom is -0.316 e. The maximum Gasteiger partial charge on any atom is 0.304 e. The molecule has 0 aliphatic heterocycles. The van der Waals surface area contributed by atoms with Gasteiger partial charge in [0.25, 0.3) is 0 Å². The van der Waals surface area contributed by atoms with Crippen LogP contribution in [0, 0.1) is 6.92 Å². The molecule has 0 spiro atoms. The lowest BCUT2D eigenvalue weighted by Gasteiger charge is -2.02. The number of hydrogen-bond acceptors (Lipinski definition) is 2. The van der Waals surface area contributed by atoms with E-state index in [1.807, 2.05) is 13.8 Å². The summed E-state index contributed by atoms with van der Waals surface area (Å²) in [5, 5.41) is 0. The molecule has 0 saturated heterocycles. The Morgan fingerprint density at radius 2 is 1.62 bits per heavy atom. The molecular weight excluding hydrogens is 104 g/mol. The van der Waals surface area contributed by atoms with E-state index in [4.69, 9.17) is 9.47 Å². The predicted molar refractivity (Wildman–Crippen MR) is 32.4 cm³/mol. The summed E-state index contributed by atoms with van der Waals surface area (Å²) in [5.41, 5.74) is 0. The van der Waals surface area contributed by atoms with Crippen LogP contribution in [0.3, 0.4) is 0 Å². The van der Waals surface area contributed by atoms with Crippen molar-refractivity contribution in [3.63, 3.8) is 0 Å². The fourth-order valence-corrected chi connectivity index (χ4v) is 0.420. The topological polar surface area (TPSA) is 18.5 Å². The van der Waals surface area contributed by atoms with Crippen LogP contribution >= 0.6 is 0 Å². The lowest BCUT2D eigenvalue weighted by atomic mass is 10.7. The fraction of sp³-hybridized carbons (Fsp3) is 0.833. The highest BCUT2D eigenvalue weighted by Crippen LogP contribution is 1.89. The van der Waals surface area contributed by atoms with Crippen molar-refractivity contribution in [3.05, 3.63) is 6.92 Å². The average molecular weight is 117 g/mol. The van der Waals surface area contributed by atoms with E-state index in [1.54, 1.807) is 0 Å². The highest BCUT2D eigenvalue weighted by Gasteiger charge is 2.03. The highest BCUT2D eigenvalue weighted by atomic mass is 16.7. The lowest BCUT2D eigenvalue weighted by Crippen LogP contribution is -2.12. The van der Waals surface area contributed by atoms with E-state index in [-0.39, 0.29) is 6.29 Å². The first kappa shape index (κ1) is 7.79. The number of rotatable bonds is 4. The van der Waals surface area contributed by atoms with Crippen LogP contribution in [0.4, 0.5) is 0 Å². The van der Waals surface area contributed by atoms with Gasteiger partial charge in [0, 0.05) is 0 Å². The molecule has 0 aromatic heterocycles.